The highest BCUT2D eigenvalue weighted by molar-refractivity contribution is 9.11. The SMILES string of the molecule is COC(=O)CCC(NS(=O)(=O)c1cc(Cl)c(Br)s1)C(=O)O. The van der Waals surface area contributed by atoms with E-state index < -0.39 is 28.0 Å². The topological polar surface area (TPSA) is 110 Å². The highest BCUT2D eigenvalue weighted by Gasteiger charge is 2.27. The number of esters is 1. The van der Waals surface area contributed by atoms with Crippen LogP contribution in [0.5, 0.6) is 0 Å². The standard InChI is InChI=1S/C10H11BrClNO6S2/c1-19-7(14)3-2-6(10(15)16)13-21(17,18)8-4-5(12)9(11)20-8/h4,6,13H,2-3H2,1H3,(H,15,16). The normalized spacial score (nSPS) is 12.9. The molecule has 0 spiro atoms. The molecule has 0 aliphatic heterocycles. The van der Waals surface area contributed by atoms with Crippen molar-refractivity contribution in [2.24, 2.45) is 0 Å². The summed E-state index contributed by atoms with van der Waals surface area (Å²) in [5.41, 5.74) is 0. The smallest absolute Gasteiger partial charge is 0.321 e. The van der Waals surface area contributed by atoms with E-state index in [1.165, 1.54) is 6.07 Å². The van der Waals surface area contributed by atoms with Crippen LogP contribution in [0, 0.1) is 0 Å². The molecular weight excluding hydrogens is 410 g/mol. The first kappa shape index (κ1) is 18.4. The third-order valence-corrected chi connectivity index (χ3v) is 6.77. The van der Waals surface area contributed by atoms with Crippen LogP contribution in [0.3, 0.4) is 0 Å². The number of thiophene rings is 1. The Bertz CT molecular complexity index is 624. The van der Waals surface area contributed by atoms with Crippen LogP contribution in [-0.4, -0.2) is 38.6 Å². The van der Waals surface area contributed by atoms with Gasteiger partial charge in [-0.2, -0.15) is 4.72 Å². The van der Waals surface area contributed by atoms with Crippen LogP contribution in [-0.2, 0) is 24.3 Å². The van der Waals surface area contributed by atoms with E-state index in [0.29, 0.717) is 3.79 Å². The van der Waals surface area contributed by atoms with Crippen molar-refractivity contribution in [3.63, 3.8) is 0 Å². The molecule has 0 saturated carbocycles. The van der Waals surface area contributed by atoms with E-state index in [4.69, 9.17) is 16.7 Å². The van der Waals surface area contributed by atoms with Gasteiger partial charge in [-0.25, -0.2) is 8.42 Å². The summed E-state index contributed by atoms with van der Waals surface area (Å²) in [5, 5.41) is 9.23. The van der Waals surface area contributed by atoms with E-state index in [1.807, 2.05) is 4.72 Å². The highest BCUT2D eigenvalue weighted by atomic mass is 79.9. The number of carboxylic acids is 1. The molecule has 0 aliphatic carbocycles. The molecule has 0 saturated heterocycles. The van der Waals surface area contributed by atoms with E-state index in [-0.39, 0.29) is 22.1 Å². The zero-order valence-electron chi connectivity index (χ0n) is 10.6. The molecule has 1 aromatic heterocycles. The van der Waals surface area contributed by atoms with Gasteiger partial charge in [-0.05, 0) is 28.4 Å². The minimum absolute atomic E-state index is 0.122. The highest BCUT2D eigenvalue weighted by Crippen LogP contribution is 2.34. The average molecular weight is 421 g/mol. The maximum absolute atomic E-state index is 12.1. The van der Waals surface area contributed by atoms with Crippen LogP contribution in [0.25, 0.3) is 0 Å². The van der Waals surface area contributed by atoms with Gasteiger partial charge in [0.15, 0.2) is 0 Å². The first-order valence-corrected chi connectivity index (χ1v) is 8.91. The van der Waals surface area contributed by atoms with Gasteiger partial charge < -0.3 is 9.84 Å². The Kier molecular flexibility index (Phi) is 6.60. The fourth-order valence-electron chi connectivity index (χ4n) is 1.30. The van der Waals surface area contributed by atoms with Gasteiger partial charge in [-0.3, -0.25) is 9.59 Å². The van der Waals surface area contributed by atoms with Gasteiger partial charge >= 0.3 is 11.9 Å². The lowest BCUT2D eigenvalue weighted by molar-refractivity contribution is -0.142. The lowest BCUT2D eigenvalue weighted by Gasteiger charge is -2.13. The lowest BCUT2D eigenvalue weighted by atomic mass is 10.2. The van der Waals surface area contributed by atoms with Crippen molar-refractivity contribution in [1.82, 2.24) is 4.72 Å². The minimum atomic E-state index is -4.04. The van der Waals surface area contributed by atoms with Gasteiger partial charge in [0.05, 0.1) is 15.9 Å². The molecular formula is C10H11BrClNO6S2. The van der Waals surface area contributed by atoms with Crippen LogP contribution >= 0.6 is 38.9 Å². The summed E-state index contributed by atoms with van der Waals surface area (Å²) < 4.78 is 30.8. The number of carbonyl (C=O) groups excluding carboxylic acids is 1. The maximum Gasteiger partial charge on any atom is 0.321 e. The van der Waals surface area contributed by atoms with E-state index in [0.717, 1.165) is 18.4 Å². The number of methoxy groups -OCH3 is 1. The zero-order valence-corrected chi connectivity index (χ0v) is 14.6. The molecule has 1 atom stereocenters. The molecule has 1 aromatic rings. The van der Waals surface area contributed by atoms with Crippen LogP contribution < -0.4 is 4.72 Å². The zero-order chi connectivity index (χ0) is 16.2. The van der Waals surface area contributed by atoms with Gasteiger partial charge in [0.1, 0.15) is 10.3 Å². The summed E-state index contributed by atoms with van der Waals surface area (Å²) in [7, 11) is -2.88. The average Bonchev–Trinajstić information content (AvgIpc) is 2.74. The maximum atomic E-state index is 12.1. The van der Waals surface area contributed by atoms with Gasteiger partial charge in [-0.1, -0.05) is 11.6 Å². The Morgan fingerprint density at radius 1 is 1.57 bits per heavy atom. The van der Waals surface area contributed by atoms with Crippen molar-refractivity contribution in [2.75, 3.05) is 7.11 Å². The minimum Gasteiger partial charge on any atom is -0.480 e. The number of halogens is 2. The Labute approximate surface area is 138 Å². The number of carboxylic acid groups (broad SMARTS) is 1. The second-order valence-corrected chi connectivity index (χ2v) is 8.53. The predicted octanol–water partition coefficient (Wildman–Crippen LogP) is 1.85. The molecule has 1 rings (SSSR count). The molecule has 0 aliphatic rings. The van der Waals surface area contributed by atoms with Crippen LogP contribution in [0.15, 0.2) is 14.1 Å². The number of aliphatic carboxylic acids is 1. The second kappa shape index (κ2) is 7.54. The van der Waals surface area contributed by atoms with Crippen molar-refractivity contribution in [1.29, 1.82) is 0 Å². The van der Waals surface area contributed by atoms with Crippen molar-refractivity contribution >= 4 is 60.8 Å². The third-order valence-electron chi connectivity index (χ3n) is 2.35. The summed E-state index contributed by atoms with van der Waals surface area (Å²) in [5.74, 6) is -2.01. The summed E-state index contributed by atoms with van der Waals surface area (Å²) in [6, 6.07) is -0.230. The van der Waals surface area contributed by atoms with Crippen molar-refractivity contribution in [3.05, 3.63) is 14.9 Å². The molecule has 1 heterocycles. The summed E-state index contributed by atoms with van der Waals surface area (Å²) >= 11 is 9.68. The molecule has 0 aromatic carbocycles. The Morgan fingerprint density at radius 3 is 2.62 bits per heavy atom. The Morgan fingerprint density at radius 2 is 2.19 bits per heavy atom. The molecule has 21 heavy (non-hydrogen) atoms. The van der Waals surface area contributed by atoms with E-state index in [2.05, 4.69) is 20.7 Å². The van der Waals surface area contributed by atoms with E-state index in [9.17, 15) is 18.0 Å². The van der Waals surface area contributed by atoms with Crippen molar-refractivity contribution in [2.45, 2.75) is 23.1 Å². The first-order chi connectivity index (χ1) is 9.67. The first-order valence-electron chi connectivity index (χ1n) is 5.44. The Balaban J connectivity index is 2.87. The molecule has 0 radical (unpaired) electrons. The number of nitrogens with one attached hydrogen (secondary N) is 1. The number of ether oxygens (including phenoxy) is 1. The lowest BCUT2D eigenvalue weighted by Crippen LogP contribution is -2.40. The summed E-state index contributed by atoms with van der Waals surface area (Å²) in [4.78, 5) is 22.1. The quantitative estimate of drug-likeness (QED) is 0.651. The second-order valence-electron chi connectivity index (χ2n) is 3.81. The van der Waals surface area contributed by atoms with E-state index in [1.54, 1.807) is 0 Å². The molecule has 1 unspecified atom stereocenters. The number of carbonyl (C=O) groups is 2. The molecule has 0 fully saturated rings. The number of rotatable bonds is 7. The summed E-state index contributed by atoms with van der Waals surface area (Å²) in [6.45, 7) is 0. The van der Waals surface area contributed by atoms with Crippen LogP contribution in [0.4, 0.5) is 0 Å². The van der Waals surface area contributed by atoms with Gasteiger partial charge in [0, 0.05) is 6.42 Å². The van der Waals surface area contributed by atoms with Crippen LogP contribution in [0.1, 0.15) is 12.8 Å². The molecule has 0 amide bonds. The molecule has 2 N–H and O–H groups in total. The molecule has 11 heteroatoms. The van der Waals surface area contributed by atoms with Gasteiger partial charge in [-0.15, -0.1) is 11.3 Å². The summed E-state index contributed by atoms with van der Waals surface area (Å²) in [6.07, 6.45) is -0.438. The van der Waals surface area contributed by atoms with E-state index >= 15 is 0 Å². The number of sulfonamides is 1. The van der Waals surface area contributed by atoms with Gasteiger partial charge in [0.2, 0.25) is 0 Å². The number of hydrogen-bond donors (Lipinski definition) is 2. The fourth-order valence-corrected chi connectivity index (χ4v) is 4.94. The monoisotopic (exact) mass is 419 g/mol. The Hall–Kier alpha value is -0.680. The molecule has 7 nitrogen and oxygen atoms in total. The number of hydrogen-bond acceptors (Lipinski definition) is 6. The largest absolute Gasteiger partial charge is 0.480 e. The molecule has 0 bridgehead atoms. The molecule has 118 valence electrons. The fraction of sp³-hybridized carbons (Fsp3) is 0.400. The van der Waals surface area contributed by atoms with Crippen molar-refractivity contribution < 1.29 is 27.9 Å². The predicted molar refractivity (Wildman–Crippen MR) is 80.0 cm³/mol. The third kappa shape index (κ3) is 5.22. The van der Waals surface area contributed by atoms with Gasteiger partial charge in [0.25, 0.3) is 10.0 Å². The van der Waals surface area contributed by atoms with Crippen molar-refractivity contribution in [3.8, 4) is 0 Å². The van der Waals surface area contributed by atoms with Crippen LogP contribution in [0.2, 0.25) is 5.02 Å².